The molecule has 28 heavy (non-hydrogen) atoms. The van der Waals surface area contributed by atoms with E-state index in [4.69, 9.17) is 18.9 Å². The van der Waals surface area contributed by atoms with Crippen LogP contribution in [0, 0.1) is 6.92 Å². The molecule has 0 spiro atoms. The first-order chi connectivity index (χ1) is 13.5. The molecule has 2 aromatic rings. The monoisotopic (exact) mass is 380 g/mol. The summed E-state index contributed by atoms with van der Waals surface area (Å²) in [6.07, 6.45) is 2.65. The Bertz CT molecular complexity index is 969. The van der Waals surface area contributed by atoms with E-state index in [0.29, 0.717) is 41.4 Å². The number of fused-ring (bicyclic) bond motifs is 1. The lowest BCUT2D eigenvalue weighted by molar-refractivity contribution is -0.144. The van der Waals surface area contributed by atoms with Gasteiger partial charge in [0.1, 0.15) is 17.2 Å². The van der Waals surface area contributed by atoms with Crippen LogP contribution in [-0.2, 0) is 9.53 Å². The molecule has 0 bridgehead atoms. The lowest BCUT2D eigenvalue weighted by Gasteiger charge is -2.11. The van der Waals surface area contributed by atoms with Crippen molar-refractivity contribution in [3.63, 3.8) is 0 Å². The van der Waals surface area contributed by atoms with Crippen LogP contribution in [0.15, 0.2) is 42.2 Å². The molecule has 0 N–H and O–H groups in total. The second-order valence-electron chi connectivity index (χ2n) is 6.75. The fourth-order valence-electron chi connectivity index (χ4n) is 3.36. The molecule has 0 saturated carbocycles. The summed E-state index contributed by atoms with van der Waals surface area (Å²) in [5, 5.41) is 0. The van der Waals surface area contributed by atoms with Gasteiger partial charge in [0.2, 0.25) is 5.78 Å². The van der Waals surface area contributed by atoms with Crippen LogP contribution >= 0.6 is 0 Å². The largest absolute Gasteiger partial charge is 0.497 e. The predicted octanol–water partition coefficient (Wildman–Crippen LogP) is 3.70. The minimum absolute atomic E-state index is 0.202. The van der Waals surface area contributed by atoms with E-state index in [0.717, 1.165) is 12.0 Å². The molecule has 2 aliphatic rings. The zero-order valence-corrected chi connectivity index (χ0v) is 15.7. The van der Waals surface area contributed by atoms with E-state index < -0.39 is 12.1 Å². The number of esters is 1. The molecular formula is C22H20O6. The summed E-state index contributed by atoms with van der Waals surface area (Å²) >= 11 is 0. The van der Waals surface area contributed by atoms with Gasteiger partial charge >= 0.3 is 5.97 Å². The van der Waals surface area contributed by atoms with Gasteiger partial charge in [0, 0.05) is 12.7 Å². The van der Waals surface area contributed by atoms with E-state index in [9.17, 15) is 9.59 Å². The van der Waals surface area contributed by atoms with Gasteiger partial charge in [-0.3, -0.25) is 4.79 Å². The second kappa shape index (κ2) is 7.48. The van der Waals surface area contributed by atoms with Crippen LogP contribution in [0.1, 0.15) is 34.3 Å². The molecule has 2 heterocycles. The average molecular weight is 380 g/mol. The number of ketones is 1. The fourth-order valence-corrected chi connectivity index (χ4v) is 3.36. The van der Waals surface area contributed by atoms with E-state index in [-0.39, 0.29) is 11.5 Å². The molecule has 6 nitrogen and oxygen atoms in total. The number of hydrogen-bond donors (Lipinski definition) is 0. The SMILES string of the molecule is COc1cccc(/C=C2\Oc3cc(OC(=O)C4CCCO4)cc(C)c3C2=O)c1. The Balaban J connectivity index is 1.58. The Morgan fingerprint density at radius 3 is 2.82 bits per heavy atom. The van der Waals surface area contributed by atoms with Crippen molar-refractivity contribution in [2.24, 2.45) is 0 Å². The number of aryl methyl sites for hydroxylation is 1. The third-order valence-corrected chi connectivity index (χ3v) is 4.75. The fraction of sp³-hybridized carbons (Fsp3) is 0.273. The third-order valence-electron chi connectivity index (χ3n) is 4.75. The Kier molecular flexibility index (Phi) is 4.88. The summed E-state index contributed by atoms with van der Waals surface area (Å²) in [5.41, 5.74) is 1.95. The summed E-state index contributed by atoms with van der Waals surface area (Å²) < 4.78 is 21.8. The maximum Gasteiger partial charge on any atom is 0.340 e. The van der Waals surface area contributed by atoms with Crippen LogP contribution in [0.5, 0.6) is 17.2 Å². The Morgan fingerprint density at radius 2 is 2.07 bits per heavy atom. The summed E-state index contributed by atoms with van der Waals surface area (Å²) in [6.45, 7) is 2.36. The molecule has 2 aliphatic heterocycles. The van der Waals surface area contributed by atoms with Crippen LogP contribution < -0.4 is 14.2 Å². The van der Waals surface area contributed by atoms with Crippen molar-refractivity contribution in [2.45, 2.75) is 25.9 Å². The lowest BCUT2D eigenvalue weighted by Crippen LogP contribution is -2.24. The molecule has 1 saturated heterocycles. The molecule has 1 atom stereocenters. The van der Waals surface area contributed by atoms with Crippen LogP contribution in [0.4, 0.5) is 0 Å². The van der Waals surface area contributed by atoms with Gasteiger partial charge in [-0.2, -0.15) is 0 Å². The number of Topliss-reactive ketones (excluding diaryl/α,β-unsaturated/α-hetero) is 1. The van der Waals surface area contributed by atoms with Crippen molar-refractivity contribution < 1.29 is 28.5 Å². The molecule has 2 aromatic carbocycles. The third kappa shape index (κ3) is 3.51. The average Bonchev–Trinajstić information content (AvgIpc) is 3.31. The Labute approximate surface area is 162 Å². The Hall–Kier alpha value is -3.12. The topological polar surface area (TPSA) is 71.1 Å². The second-order valence-corrected chi connectivity index (χ2v) is 6.75. The van der Waals surface area contributed by atoms with Crippen LogP contribution in [-0.4, -0.2) is 31.6 Å². The molecule has 0 radical (unpaired) electrons. The molecule has 1 fully saturated rings. The standard InChI is InChI=1S/C22H20O6/c1-13-9-16(27-22(24)17-7-4-8-26-17)12-18-20(13)21(23)19(28-18)11-14-5-3-6-15(10-14)25-2/h3,5-6,9-12,17H,4,7-8H2,1-2H3/b19-11-. The normalized spacial score (nSPS) is 19.4. The van der Waals surface area contributed by atoms with Crippen LogP contribution in [0.2, 0.25) is 0 Å². The van der Waals surface area contributed by atoms with E-state index in [1.54, 1.807) is 32.2 Å². The van der Waals surface area contributed by atoms with E-state index in [1.807, 2.05) is 24.3 Å². The number of carbonyl (C=O) groups is 2. The molecule has 0 amide bonds. The van der Waals surface area contributed by atoms with Gasteiger partial charge in [-0.25, -0.2) is 4.79 Å². The quantitative estimate of drug-likeness (QED) is 0.458. The molecular weight excluding hydrogens is 360 g/mol. The van der Waals surface area contributed by atoms with Crippen molar-refractivity contribution in [1.82, 2.24) is 0 Å². The molecule has 144 valence electrons. The minimum Gasteiger partial charge on any atom is -0.497 e. The predicted molar refractivity (Wildman–Crippen MR) is 102 cm³/mol. The van der Waals surface area contributed by atoms with E-state index >= 15 is 0 Å². The van der Waals surface area contributed by atoms with Gasteiger partial charge in [0.25, 0.3) is 0 Å². The number of ether oxygens (including phenoxy) is 4. The summed E-state index contributed by atoms with van der Waals surface area (Å²) in [6, 6.07) is 10.6. The van der Waals surface area contributed by atoms with Crippen LogP contribution in [0.25, 0.3) is 6.08 Å². The van der Waals surface area contributed by atoms with E-state index in [2.05, 4.69) is 0 Å². The maximum atomic E-state index is 12.8. The zero-order chi connectivity index (χ0) is 19.7. The van der Waals surface area contributed by atoms with Crippen molar-refractivity contribution in [3.8, 4) is 17.2 Å². The van der Waals surface area contributed by atoms with Gasteiger partial charge in [0.15, 0.2) is 11.9 Å². The van der Waals surface area contributed by atoms with Crippen molar-refractivity contribution in [3.05, 3.63) is 58.8 Å². The van der Waals surface area contributed by atoms with Gasteiger partial charge in [-0.15, -0.1) is 0 Å². The highest BCUT2D eigenvalue weighted by Crippen LogP contribution is 2.38. The summed E-state index contributed by atoms with van der Waals surface area (Å²) in [4.78, 5) is 24.9. The smallest absolute Gasteiger partial charge is 0.340 e. The molecule has 6 heteroatoms. The summed E-state index contributed by atoms with van der Waals surface area (Å²) in [5.74, 6) is 1.01. The van der Waals surface area contributed by atoms with Gasteiger partial charge in [0.05, 0.1) is 12.7 Å². The van der Waals surface area contributed by atoms with E-state index in [1.165, 1.54) is 0 Å². The number of rotatable bonds is 4. The van der Waals surface area contributed by atoms with Gasteiger partial charge in [-0.1, -0.05) is 12.1 Å². The molecule has 0 aliphatic carbocycles. The van der Waals surface area contributed by atoms with Crippen molar-refractivity contribution in [2.75, 3.05) is 13.7 Å². The number of hydrogen-bond acceptors (Lipinski definition) is 6. The van der Waals surface area contributed by atoms with Crippen LogP contribution in [0.3, 0.4) is 0 Å². The number of methoxy groups -OCH3 is 1. The Morgan fingerprint density at radius 1 is 1.21 bits per heavy atom. The molecule has 1 unspecified atom stereocenters. The first-order valence-electron chi connectivity index (χ1n) is 9.11. The zero-order valence-electron chi connectivity index (χ0n) is 15.7. The molecule has 4 rings (SSSR count). The van der Waals surface area contributed by atoms with Gasteiger partial charge < -0.3 is 18.9 Å². The first-order valence-corrected chi connectivity index (χ1v) is 9.11. The number of benzene rings is 2. The van der Waals surface area contributed by atoms with Crippen molar-refractivity contribution >= 4 is 17.8 Å². The van der Waals surface area contributed by atoms with Gasteiger partial charge in [-0.05, 0) is 55.2 Å². The number of allylic oxidation sites excluding steroid dienone is 1. The maximum absolute atomic E-state index is 12.8. The summed E-state index contributed by atoms with van der Waals surface area (Å²) in [7, 11) is 1.59. The number of carbonyl (C=O) groups excluding carboxylic acids is 2. The highest BCUT2D eigenvalue weighted by atomic mass is 16.6. The lowest BCUT2D eigenvalue weighted by atomic mass is 10.0. The molecule has 0 aromatic heterocycles. The highest BCUT2D eigenvalue weighted by Gasteiger charge is 2.31. The minimum atomic E-state index is -0.528. The highest BCUT2D eigenvalue weighted by molar-refractivity contribution is 6.15. The first kappa shape index (κ1) is 18.3. The van der Waals surface area contributed by atoms with Crippen molar-refractivity contribution in [1.29, 1.82) is 0 Å².